The summed E-state index contributed by atoms with van der Waals surface area (Å²) in [6.45, 7) is 0. The molecule has 0 aliphatic carbocycles. The van der Waals surface area contributed by atoms with E-state index in [1.54, 1.807) is 18.2 Å². The van der Waals surface area contributed by atoms with E-state index >= 15 is 0 Å². The second-order valence-corrected chi connectivity index (χ2v) is 3.68. The maximum atomic E-state index is 11.9. The molecule has 0 bridgehead atoms. The Kier molecular flexibility index (Phi) is 4.47. The third-order valence-electron chi connectivity index (χ3n) is 1.98. The van der Waals surface area contributed by atoms with Crippen molar-refractivity contribution in [2.24, 2.45) is 0 Å². The first kappa shape index (κ1) is 13.2. The molecular weight excluding hydrogens is 241 g/mol. The molecule has 16 heavy (non-hydrogen) atoms. The molecule has 0 aliphatic rings. The standard InChI is InChI=1S/C11H11ClF3O/c1-16-10-5-4-9(12)7-8(10)3-2-6-11(13,14)15/h3-5,7H,2,6H2,1H3. The molecule has 1 rings (SSSR count). The number of hydrogen-bond donors (Lipinski definition) is 0. The number of halogens is 4. The van der Waals surface area contributed by atoms with Crippen LogP contribution in [0, 0.1) is 6.42 Å². The summed E-state index contributed by atoms with van der Waals surface area (Å²) in [4.78, 5) is 0. The highest BCUT2D eigenvalue weighted by Gasteiger charge is 2.26. The van der Waals surface area contributed by atoms with Gasteiger partial charge in [-0.25, -0.2) is 0 Å². The van der Waals surface area contributed by atoms with E-state index < -0.39 is 12.6 Å². The van der Waals surface area contributed by atoms with Gasteiger partial charge in [-0.05, 0) is 36.6 Å². The number of hydrogen-bond acceptors (Lipinski definition) is 1. The van der Waals surface area contributed by atoms with E-state index in [4.69, 9.17) is 16.3 Å². The molecule has 0 heterocycles. The van der Waals surface area contributed by atoms with Gasteiger partial charge in [-0.3, -0.25) is 0 Å². The van der Waals surface area contributed by atoms with Gasteiger partial charge in [0.2, 0.25) is 0 Å². The molecule has 0 unspecified atom stereocenters. The van der Waals surface area contributed by atoms with Crippen LogP contribution in [-0.4, -0.2) is 13.3 Å². The lowest BCUT2D eigenvalue weighted by Gasteiger charge is -2.09. The fraction of sp³-hybridized carbons (Fsp3) is 0.364. The predicted molar refractivity (Wildman–Crippen MR) is 56.7 cm³/mol. The highest BCUT2D eigenvalue weighted by atomic mass is 35.5. The van der Waals surface area contributed by atoms with Gasteiger partial charge in [0.25, 0.3) is 0 Å². The van der Waals surface area contributed by atoms with Crippen molar-refractivity contribution < 1.29 is 17.9 Å². The van der Waals surface area contributed by atoms with Gasteiger partial charge in [-0.1, -0.05) is 11.6 Å². The largest absolute Gasteiger partial charge is 0.496 e. The lowest BCUT2D eigenvalue weighted by atomic mass is 10.1. The maximum Gasteiger partial charge on any atom is 0.389 e. The van der Waals surface area contributed by atoms with Crippen molar-refractivity contribution in [2.45, 2.75) is 19.0 Å². The first-order valence-electron chi connectivity index (χ1n) is 4.66. The summed E-state index contributed by atoms with van der Waals surface area (Å²) >= 11 is 5.74. The zero-order chi connectivity index (χ0) is 12.2. The second kappa shape index (κ2) is 5.43. The van der Waals surface area contributed by atoms with Gasteiger partial charge in [0, 0.05) is 11.4 Å². The summed E-state index contributed by atoms with van der Waals surface area (Å²) < 4.78 is 40.8. The molecule has 0 amide bonds. The predicted octanol–water partition coefficient (Wildman–Crippen LogP) is 4.24. The Morgan fingerprint density at radius 1 is 1.38 bits per heavy atom. The summed E-state index contributed by atoms with van der Waals surface area (Å²) in [5.74, 6) is 0.520. The zero-order valence-electron chi connectivity index (χ0n) is 8.64. The van der Waals surface area contributed by atoms with Crippen LogP contribution in [0.4, 0.5) is 13.2 Å². The maximum absolute atomic E-state index is 11.9. The van der Waals surface area contributed by atoms with Crippen molar-refractivity contribution in [1.29, 1.82) is 0 Å². The molecule has 1 aromatic carbocycles. The first-order valence-corrected chi connectivity index (χ1v) is 5.03. The fourth-order valence-electron chi connectivity index (χ4n) is 1.26. The summed E-state index contributed by atoms with van der Waals surface area (Å²) in [7, 11) is 1.46. The van der Waals surface area contributed by atoms with E-state index in [9.17, 15) is 13.2 Å². The SMILES string of the molecule is COc1ccc(Cl)cc1[CH]CCC(F)(F)F. The number of alkyl halides is 3. The van der Waals surface area contributed by atoms with Gasteiger partial charge in [0.1, 0.15) is 5.75 Å². The molecule has 0 aromatic heterocycles. The molecule has 1 radical (unpaired) electrons. The normalized spacial score (nSPS) is 11.6. The molecule has 1 nitrogen and oxygen atoms in total. The third kappa shape index (κ3) is 4.31. The van der Waals surface area contributed by atoms with Gasteiger partial charge in [0.15, 0.2) is 0 Å². The average molecular weight is 252 g/mol. The molecule has 0 spiro atoms. The van der Waals surface area contributed by atoms with Crippen LogP contribution < -0.4 is 4.74 Å². The molecule has 0 N–H and O–H groups in total. The fourth-order valence-corrected chi connectivity index (χ4v) is 1.44. The van der Waals surface area contributed by atoms with Crippen molar-refractivity contribution in [3.63, 3.8) is 0 Å². The molecule has 5 heteroatoms. The number of ether oxygens (including phenoxy) is 1. The summed E-state index contributed by atoms with van der Waals surface area (Å²) in [5, 5.41) is 0.471. The van der Waals surface area contributed by atoms with Gasteiger partial charge in [-0.2, -0.15) is 13.2 Å². The first-order chi connectivity index (χ1) is 7.42. The van der Waals surface area contributed by atoms with E-state index in [0.29, 0.717) is 16.3 Å². The van der Waals surface area contributed by atoms with Crippen molar-refractivity contribution in [2.75, 3.05) is 7.11 Å². The summed E-state index contributed by atoms with van der Waals surface area (Å²) in [6, 6.07) is 4.83. The van der Waals surface area contributed by atoms with E-state index in [2.05, 4.69) is 0 Å². The zero-order valence-corrected chi connectivity index (χ0v) is 9.40. The van der Waals surface area contributed by atoms with E-state index in [-0.39, 0.29) is 6.42 Å². The Balaban J connectivity index is 2.62. The average Bonchev–Trinajstić information content (AvgIpc) is 2.16. The van der Waals surface area contributed by atoms with E-state index in [0.717, 1.165) is 0 Å². The number of methoxy groups -OCH3 is 1. The Morgan fingerprint density at radius 3 is 2.62 bits per heavy atom. The number of benzene rings is 1. The third-order valence-corrected chi connectivity index (χ3v) is 2.22. The van der Waals surface area contributed by atoms with Crippen LogP contribution in [0.3, 0.4) is 0 Å². The van der Waals surface area contributed by atoms with Crippen molar-refractivity contribution in [1.82, 2.24) is 0 Å². The van der Waals surface area contributed by atoms with Crippen LogP contribution in [0.25, 0.3) is 0 Å². The van der Waals surface area contributed by atoms with Crippen molar-refractivity contribution in [3.05, 3.63) is 35.2 Å². The van der Waals surface area contributed by atoms with Crippen LogP contribution in [0.1, 0.15) is 18.4 Å². The lowest BCUT2D eigenvalue weighted by molar-refractivity contribution is -0.134. The van der Waals surface area contributed by atoms with Crippen molar-refractivity contribution >= 4 is 11.6 Å². The van der Waals surface area contributed by atoms with Crippen LogP contribution in [0.15, 0.2) is 18.2 Å². The Hall–Kier alpha value is -0.900. The minimum Gasteiger partial charge on any atom is -0.496 e. The van der Waals surface area contributed by atoms with Gasteiger partial charge in [-0.15, -0.1) is 0 Å². The molecule has 0 aliphatic heterocycles. The van der Waals surface area contributed by atoms with Crippen molar-refractivity contribution in [3.8, 4) is 5.75 Å². The number of rotatable bonds is 4. The molecule has 0 saturated heterocycles. The lowest BCUT2D eigenvalue weighted by Crippen LogP contribution is -2.06. The minimum atomic E-state index is -4.14. The molecule has 0 saturated carbocycles. The Bertz CT molecular complexity index is 350. The Morgan fingerprint density at radius 2 is 2.06 bits per heavy atom. The van der Waals surface area contributed by atoms with Crippen LogP contribution >= 0.6 is 11.6 Å². The quantitative estimate of drug-likeness (QED) is 0.778. The van der Waals surface area contributed by atoms with E-state index in [1.807, 2.05) is 0 Å². The van der Waals surface area contributed by atoms with Gasteiger partial charge >= 0.3 is 6.18 Å². The molecular formula is C11H11ClF3O. The van der Waals surface area contributed by atoms with Gasteiger partial charge < -0.3 is 4.74 Å². The highest BCUT2D eigenvalue weighted by Crippen LogP contribution is 2.28. The second-order valence-electron chi connectivity index (χ2n) is 3.24. The topological polar surface area (TPSA) is 9.23 Å². The van der Waals surface area contributed by atoms with Crippen LogP contribution in [0.2, 0.25) is 5.02 Å². The monoisotopic (exact) mass is 251 g/mol. The molecule has 1 aromatic rings. The highest BCUT2D eigenvalue weighted by molar-refractivity contribution is 6.30. The minimum absolute atomic E-state index is 0.0831. The summed E-state index contributed by atoms with van der Waals surface area (Å²) in [6.07, 6.45) is -3.59. The van der Waals surface area contributed by atoms with Gasteiger partial charge in [0.05, 0.1) is 7.11 Å². The Labute approximate surface area is 97.2 Å². The smallest absolute Gasteiger partial charge is 0.389 e. The van der Waals surface area contributed by atoms with Crippen LogP contribution in [0.5, 0.6) is 5.75 Å². The van der Waals surface area contributed by atoms with E-state index in [1.165, 1.54) is 13.5 Å². The molecule has 0 fully saturated rings. The summed E-state index contributed by atoms with van der Waals surface area (Å²) in [5.41, 5.74) is 0.583. The molecule has 89 valence electrons. The van der Waals surface area contributed by atoms with Crippen LogP contribution in [-0.2, 0) is 0 Å². The molecule has 0 atom stereocenters.